The van der Waals surface area contributed by atoms with Gasteiger partial charge in [-0.2, -0.15) is 0 Å². The standard InChI is InChI=1S/C18H36/c1-6-8-9-10-12-17(5)13-11-14-18(7-2)15-16(3)4/h7,16-17H,6,8-15H2,1-5H3. The van der Waals surface area contributed by atoms with Crippen molar-refractivity contribution in [1.29, 1.82) is 0 Å². The molecule has 0 nitrogen and oxygen atoms in total. The predicted molar refractivity (Wildman–Crippen MR) is 85.0 cm³/mol. The van der Waals surface area contributed by atoms with E-state index in [4.69, 9.17) is 0 Å². The minimum Gasteiger partial charge on any atom is -0.0884 e. The highest BCUT2D eigenvalue weighted by atomic mass is 14.1. The second-order valence-electron chi connectivity index (χ2n) is 6.39. The molecule has 1 unspecified atom stereocenters. The molecule has 0 aliphatic rings. The first kappa shape index (κ1) is 17.7. The van der Waals surface area contributed by atoms with Gasteiger partial charge in [-0.25, -0.2) is 0 Å². The Bertz CT molecular complexity index is 200. The lowest BCUT2D eigenvalue weighted by Gasteiger charge is -2.13. The maximum Gasteiger partial charge on any atom is -0.0297 e. The molecule has 0 saturated heterocycles. The first-order valence-electron chi connectivity index (χ1n) is 8.24. The van der Waals surface area contributed by atoms with Crippen LogP contribution in [0.15, 0.2) is 11.6 Å². The van der Waals surface area contributed by atoms with Crippen LogP contribution in [0.5, 0.6) is 0 Å². The Kier molecular flexibility index (Phi) is 11.6. The molecular formula is C18H36. The van der Waals surface area contributed by atoms with Crippen LogP contribution < -0.4 is 0 Å². The maximum atomic E-state index is 2.43. The van der Waals surface area contributed by atoms with E-state index in [1.54, 1.807) is 5.57 Å². The van der Waals surface area contributed by atoms with Crippen LogP contribution in [0.25, 0.3) is 0 Å². The highest BCUT2D eigenvalue weighted by Crippen LogP contribution is 2.21. The van der Waals surface area contributed by atoms with Crippen molar-refractivity contribution >= 4 is 0 Å². The van der Waals surface area contributed by atoms with Crippen molar-refractivity contribution in [3.8, 4) is 0 Å². The third kappa shape index (κ3) is 10.9. The van der Waals surface area contributed by atoms with Crippen molar-refractivity contribution in [2.24, 2.45) is 11.8 Å². The van der Waals surface area contributed by atoms with Crippen LogP contribution in [0.1, 0.15) is 92.4 Å². The topological polar surface area (TPSA) is 0 Å². The molecule has 0 fully saturated rings. The molecule has 0 N–H and O–H groups in total. The van der Waals surface area contributed by atoms with E-state index in [0.717, 1.165) is 11.8 Å². The van der Waals surface area contributed by atoms with E-state index in [-0.39, 0.29) is 0 Å². The van der Waals surface area contributed by atoms with E-state index >= 15 is 0 Å². The van der Waals surface area contributed by atoms with Gasteiger partial charge in [-0.1, -0.05) is 77.9 Å². The molecule has 0 aromatic heterocycles. The van der Waals surface area contributed by atoms with Gasteiger partial charge in [-0.3, -0.25) is 0 Å². The van der Waals surface area contributed by atoms with Crippen LogP contribution in [-0.4, -0.2) is 0 Å². The minimum absolute atomic E-state index is 0.808. The molecule has 0 rings (SSSR count). The van der Waals surface area contributed by atoms with Gasteiger partial charge < -0.3 is 0 Å². The number of hydrogen-bond donors (Lipinski definition) is 0. The SMILES string of the molecule is CC=C(CCCC(C)CCCCCC)CC(C)C. The van der Waals surface area contributed by atoms with Crippen LogP contribution in [0.3, 0.4) is 0 Å². The zero-order chi connectivity index (χ0) is 13.8. The molecular weight excluding hydrogens is 216 g/mol. The third-order valence-electron chi connectivity index (χ3n) is 3.82. The molecule has 1 atom stereocenters. The smallest absolute Gasteiger partial charge is 0.0297 e. The van der Waals surface area contributed by atoms with Crippen LogP contribution in [0, 0.1) is 11.8 Å². The van der Waals surface area contributed by atoms with Gasteiger partial charge in [0.2, 0.25) is 0 Å². The highest BCUT2D eigenvalue weighted by molar-refractivity contribution is 5.00. The number of hydrogen-bond acceptors (Lipinski definition) is 0. The van der Waals surface area contributed by atoms with Crippen molar-refractivity contribution in [2.75, 3.05) is 0 Å². The van der Waals surface area contributed by atoms with E-state index < -0.39 is 0 Å². The molecule has 0 aromatic carbocycles. The lowest BCUT2D eigenvalue weighted by atomic mass is 9.93. The first-order chi connectivity index (χ1) is 8.60. The predicted octanol–water partition coefficient (Wildman–Crippen LogP) is 6.76. The molecule has 18 heavy (non-hydrogen) atoms. The summed E-state index contributed by atoms with van der Waals surface area (Å²) in [5.74, 6) is 1.74. The Morgan fingerprint density at radius 3 is 2.17 bits per heavy atom. The lowest BCUT2D eigenvalue weighted by Crippen LogP contribution is -1.97. The molecule has 0 spiro atoms. The second kappa shape index (κ2) is 11.8. The van der Waals surface area contributed by atoms with E-state index in [2.05, 4.69) is 40.7 Å². The molecule has 0 saturated carbocycles. The zero-order valence-electron chi connectivity index (χ0n) is 13.6. The van der Waals surface area contributed by atoms with E-state index in [9.17, 15) is 0 Å². The Balaban J connectivity index is 3.56. The summed E-state index contributed by atoms with van der Waals surface area (Å²) in [6, 6.07) is 0. The van der Waals surface area contributed by atoms with Gasteiger partial charge in [0.05, 0.1) is 0 Å². The number of rotatable bonds is 11. The van der Waals surface area contributed by atoms with Gasteiger partial charge in [0.1, 0.15) is 0 Å². The molecule has 0 amide bonds. The summed E-state index contributed by atoms with van der Waals surface area (Å²) in [6.45, 7) is 11.6. The van der Waals surface area contributed by atoms with E-state index in [0.29, 0.717) is 0 Å². The summed E-state index contributed by atoms with van der Waals surface area (Å²) in [5.41, 5.74) is 1.67. The van der Waals surface area contributed by atoms with Gasteiger partial charge >= 0.3 is 0 Å². The van der Waals surface area contributed by atoms with Crippen LogP contribution in [-0.2, 0) is 0 Å². The lowest BCUT2D eigenvalue weighted by molar-refractivity contribution is 0.444. The summed E-state index contributed by atoms with van der Waals surface area (Å²) < 4.78 is 0. The molecule has 0 aromatic rings. The molecule has 0 aliphatic heterocycles. The minimum atomic E-state index is 0.808. The third-order valence-corrected chi connectivity index (χ3v) is 3.82. The first-order valence-corrected chi connectivity index (χ1v) is 8.24. The van der Waals surface area contributed by atoms with Crippen LogP contribution >= 0.6 is 0 Å². The summed E-state index contributed by atoms with van der Waals surface area (Å²) in [7, 11) is 0. The van der Waals surface area contributed by atoms with Gasteiger partial charge in [0.15, 0.2) is 0 Å². The van der Waals surface area contributed by atoms with E-state index in [1.807, 2.05) is 0 Å². The number of unbranched alkanes of at least 4 members (excludes halogenated alkanes) is 3. The summed E-state index contributed by atoms with van der Waals surface area (Å²) in [5, 5.41) is 0. The van der Waals surface area contributed by atoms with Crippen molar-refractivity contribution in [3.05, 3.63) is 11.6 Å². The average molecular weight is 252 g/mol. The monoisotopic (exact) mass is 252 g/mol. The summed E-state index contributed by atoms with van der Waals surface area (Å²) in [4.78, 5) is 0. The molecule has 0 radical (unpaired) electrons. The van der Waals surface area contributed by atoms with Gasteiger partial charge in [-0.05, 0) is 38.0 Å². The molecule has 0 bridgehead atoms. The quantitative estimate of drug-likeness (QED) is 0.281. The molecule has 0 aliphatic carbocycles. The van der Waals surface area contributed by atoms with Crippen molar-refractivity contribution < 1.29 is 0 Å². The summed E-state index contributed by atoms with van der Waals surface area (Å²) >= 11 is 0. The Labute approximate surface area is 116 Å². The van der Waals surface area contributed by atoms with Crippen LogP contribution in [0.2, 0.25) is 0 Å². The fourth-order valence-electron chi connectivity index (χ4n) is 2.63. The van der Waals surface area contributed by atoms with Crippen LogP contribution in [0.4, 0.5) is 0 Å². The van der Waals surface area contributed by atoms with Gasteiger partial charge in [0.25, 0.3) is 0 Å². The zero-order valence-corrected chi connectivity index (χ0v) is 13.6. The van der Waals surface area contributed by atoms with Crippen molar-refractivity contribution in [3.63, 3.8) is 0 Å². The second-order valence-corrected chi connectivity index (χ2v) is 6.39. The Morgan fingerprint density at radius 1 is 0.944 bits per heavy atom. The average Bonchev–Trinajstić information content (AvgIpc) is 2.33. The normalized spacial score (nSPS) is 14.2. The van der Waals surface area contributed by atoms with Gasteiger partial charge in [0, 0.05) is 0 Å². The summed E-state index contributed by atoms with van der Waals surface area (Å²) in [6.07, 6.45) is 14.9. The number of allylic oxidation sites excluding steroid dienone is 2. The Morgan fingerprint density at radius 2 is 1.61 bits per heavy atom. The fourth-order valence-corrected chi connectivity index (χ4v) is 2.63. The largest absolute Gasteiger partial charge is 0.0884 e. The molecule has 0 heteroatoms. The van der Waals surface area contributed by atoms with Gasteiger partial charge in [-0.15, -0.1) is 0 Å². The van der Waals surface area contributed by atoms with Crippen molar-refractivity contribution in [2.45, 2.75) is 92.4 Å². The highest BCUT2D eigenvalue weighted by Gasteiger charge is 2.04. The fraction of sp³-hybridized carbons (Fsp3) is 0.889. The maximum absolute atomic E-state index is 2.43. The van der Waals surface area contributed by atoms with E-state index in [1.165, 1.54) is 57.8 Å². The molecule has 0 heterocycles. The molecule has 108 valence electrons. The van der Waals surface area contributed by atoms with Crippen molar-refractivity contribution in [1.82, 2.24) is 0 Å². The Hall–Kier alpha value is -0.260.